The average molecular weight is 590 g/mol. The van der Waals surface area contributed by atoms with Crippen LogP contribution in [-0.4, -0.2) is 42.7 Å². The molecule has 2 bridgehead atoms. The molecule has 4 fully saturated rings. The third-order valence-electron chi connectivity index (χ3n) is 7.79. The molecule has 1 heterocycles. The molecule has 3 saturated carbocycles. The van der Waals surface area contributed by atoms with E-state index in [0.29, 0.717) is 22.7 Å². The molecule has 5 nitrogen and oxygen atoms in total. The molecule has 0 aromatic carbocycles. The first-order valence-corrected chi connectivity index (χ1v) is 15.5. The molecular formula is C25H40BIO5S. The van der Waals surface area contributed by atoms with Gasteiger partial charge in [0.2, 0.25) is 0 Å². The molecule has 0 amide bonds. The Kier molecular flexibility index (Phi) is 8.66. The summed E-state index contributed by atoms with van der Waals surface area (Å²) in [4.78, 5) is 12.7. The zero-order chi connectivity index (χ0) is 24.6. The Morgan fingerprint density at radius 3 is 2.55 bits per heavy atom. The molecule has 0 aromatic heterocycles. The summed E-state index contributed by atoms with van der Waals surface area (Å²) in [5.74, 6) is 1.53. The molecule has 3 aliphatic carbocycles. The van der Waals surface area contributed by atoms with Crippen molar-refractivity contribution >= 4 is 43.2 Å². The third kappa shape index (κ3) is 5.64. The summed E-state index contributed by atoms with van der Waals surface area (Å²) < 4.78 is 24.2. The van der Waals surface area contributed by atoms with Crippen molar-refractivity contribution in [2.75, 3.05) is 7.11 Å². The lowest BCUT2D eigenvalue weighted by molar-refractivity contribution is -0.199. The van der Waals surface area contributed by atoms with E-state index in [-0.39, 0.29) is 29.9 Å². The van der Waals surface area contributed by atoms with Gasteiger partial charge in [-0.05, 0) is 111 Å². The number of methoxy groups -OCH3 is 1. The van der Waals surface area contributed by atoms with Crippen molar-refractivity contribution in [1.82, 2.24) is 0 Å². The number of esters is 1. The fourth-order valence-electron chi connectivity index (χ4n) is 5.85. The molecule has 1 unspecified atom stereocenters. The maximum atomic E-state index is 12.7. The second kappa shape index (κ2) is 10.4. The van der Waals surface area contributed by atoms with Gasteiger partial charge in [0, 0.05) is 0 Å². The largest absolute Gasteiger partial charge is 0.496 e. The second-order valence-corrected chi connectivity index (χ2v) is 13.7. The van der Waals surface area contributed by atoms with Crippen LogP contribution in [0.3, 0.4) is 0 Å². The maximum absolute atomic E-state index is 12.7. The highest BCUT2D eigenvalue weighted by Crippen LogP contribution is 2.66. The first-order chi connectivity index (χ1) is 15.4. The lowest BCUT2D eigenvalue weighted by Gasteiger charge is -2.64. The smallest absolute Gasteiger partial charge is 0.472 e. The van der Waals surface area contributed by atoms with E-state index in [4.69, 9.17) is 18.8 Å². The average Bonchev–Trinajstić information content (AvgIpc) is 3.08. The van der Waals surface area contributed by atoms with Gasteiger partial charge in [0.1, 0.15) is 11.4 Å². The van der Waals surface area contributed by atoms with Crippen molar-refractivity contribution in [3.63, 3.8) is 0 Å². The van der Waals surface area contributed by atoms with Crippen LogP contribution in [0.5, 0.6) is 0 Å². The Morgan fingerprint density at radius 2 is 2.00 bits per heavy atom. The molecule has 186 valence electrons. The summed E-state index contributed by atoms with van der Waals surface area (Å²) in [6, 6.07) is 0. The molecule has 0 radical (unpaired) electrons. The molecule has 0 spiro atoms. The Morgan fingerprint density at radius 1 is 1.30 bits per heavy atom. The van der Waals surface area contributed by atoms with Crippen LogP contribution in [-0.2, 0) is 23.6 Å². The van der Waals surface area contributed by atoms with Crippen LogP contribution in [0.2, 0.25) is 0 Å². The van der Waals surface area contributed by atoms with Crippen molar-refractivity contribution < 1.29 is 23.6 Å². The Labute approximate surface area is 216 Å². The number of hydrogen-bond acceptors (Lipinski definition) is 6. The minimum absolute atomic E-state index is 0.170. The molecule has 5 atom stereocenters. The van der Waals surface area contributed by atoms with Crippen LogP contribution in [0.1, 0.15) is 80.6 Å². The van der Waals surface area contributed by atoms with Gasteiger partial charge in [-0.2, -0.15) is 0 Å². The van der Waals surface area contributed by atoms with Gasteiger partial charge in [-0.1, -0.05) is 28.9 Å². The van der Waals surface area contributed by atoms with Crippen molar-refractivity contribution in [2.24, 2.45) is 17.3 Å². The molecule has 0 N–H and O–H groups in total. The van der Waals surface area contributed by atoms with Crippen LogP contribution >= 0.6 is 30.1 Å². The molecule has 4 rings (SSSR count). The Bertz CT molecular complexity index is 792. The lowest BCUT2D eigenvalue weighted by Crippen LogP contribution is -2.65. The van der Waals surface area contributed by atoms with E-state index in [9.17, 15) is 4.79 Å². The quantitative estimate of drug-likeness (QED) is 0.0568. The van der Waals surface area contributed by atoms with Crippen molar-refractivity contribution in [2.45, 2.75) is 103 Å². The summed E-state index contributed by atoms with van der Waals surface area (Å²) in [7, 11) is 3.20. The normalized spacial score (nSPS) is 32.2. The van der Waals surface area contributed by atoms with Gasteiger partial charge in [-0.3, -0.25) is 0 Å². The van der Waals surface area contributed by atoms with Gasteiger partial charge in [0.05, 0.1) is 29.5 Å². The van der Waals surface area contributed by atoms with Gasteiger partial charge >= 0.3 is 13.1 Å². The highest BCUT2D eigenvalue weighted by molar-refractivity contribution is 14.2. The predicted molar refractivity (Wildman–Crippen MR) is 144 cm³/mol. The summed E-state index contributed by atoms with van der Waals surface area (Å²) >= 11 is 2.37. The van der Waals surface area contributed by atoms with Crippen LogP contribution in [0.25, 0.3) is 0 Å². The first kappa shape index (κ1) is 27.4. The number of carbonyl (C=O) groups is 1. The van der Waals surface area contributed by atoms with Gasteiger partial charge in [0.25, 0.3) is 0 Å². The van der Waals surface area contributed by atoms with E-state index in [1.54, 1.807) is 22.1 Å². The zero-order valence-corrected chi connectivity index (χ0v) is 24.4. The lowest BCUT2D eigenvalue weighted by atomic mass is 9.43. The van der Waals surface area contributed by atoms with E-state index in [0.717, 1.165) is 31.6 Å². The van der Waals surface area contributed by atoms with E-state index < -0.39 is 5.60 Å². The molecule has 1 aliphatic heterocycles. The summed E-state index contributed by atoms with van der Waals surface area (Å²) in [5.41, 5.74) is 0.120. The first-order valence-electron chi connectivity index (χ1n) is 12.1. The number of halogens is 1. The van der Waals surface area contributed by atoms with Crippen LogP contribution in [0.4, 0.5) is 0 Å². The van der Waals surface area contributed by atoms with Crippen LogP contribution in [0, 0.1) is 17.3 Å². The molecule has 33 heavy (non-hydrogen) atoms. The highest BCUT2D eigenvalue weighted by Gasteiger charge is 2.68. The van der Waals surface area contributed by atoms with E-state index in [1.807, 2.05) is 33.8 Å². The molecular weight excluding hydrogens is 550 g/mol. The number of allylic oxidation sites excluding steroid dienone is 2. The van der Waals surface area contributed by atoms with Gasteiger partial charge in [-0.25, -0.2) is 4.79 Å². The van der Waals surface area contributed by atoms with Gasteiger partial charge in [0.15, 0.2) is 0 Å². The summed E-state index contributed by atoms with van der Waals surface area (Å²) in [6.07, 6.45) is 8.97. The number of hydrogen-bond donors (Lipinski definition) is 0. The topological polar surface area (TPSA) is 54.0 Å². The zero-order valence-electron chi connectivity index (χ0n) is 21.4. The highest BCUT2D eigenvalue weighted by atomic mass is 127. The van der Waals surface area contributed by atoms with Crippen molar-refractivity contribution in [1.29, 1.82) is 0 Å². The van der Waals surface area contributed by atoms with E-state index >= 15 is 0 Å². The third-order valence-corrected chi connectivity index (χ3v) is 10.4. The second-order valence-electron chi connectivity index (χ2n) is 11.4. The number of carbonyl (C=O) groups excluding carboxylic acids is 1. The number of ether oxygens (including phenoxy) is 2. The fraction of sp³-hybridized carbons (Fsp3) is 0.800. The predicted octanol–water partition coefficient (Wildman–Crippen LogP) is 6.69. The van der Waals surface area contributed by atoms with E-state index in [1.165, 1.54) is 6.42 Å². The van der Waals surface area contributed by atoms with E-state index in [2.05, 4.69) is 42.0 Å². The molecule has 1 saturated heterocycles. The van der Waals surface area contributed by atoms with Crippen molar-refractivity contribution in [3.05, 3.63) is 23.5 Å². The summed E-state index contributed by atoms with van der Waals surface area (Å²) in [6.45, 7) is 14.5. The number of unbranched alkanes of at least 4 members (excludes halogenated alkanes) is 1. The monoisotopic (exact) mass is 590 g/mol. The van der Waals surface area contributed by atoms with Gasteiger partial charge < -0.3 is 18.8 Å². The molecule has 4 aliphatic rings. The standard InChI is InChI=1S/C25H40BIO5S/c1-9-18(29-8)17(22(28)30-23(2,3)4)12-10-11-13-21(33-27)26-31-20-15-16-14-19(24(16,5)6)25(20,7)32-26/h9,12,16,19-21H,10-11,13-15H2,1-8H3/b17-12+,18-9+/t16-,19-,20?,21-,25-/m0/s1. The SMILES string of the molecule is C/C=C(OC)\C(=C/CCC[C@H](SI)B1OC2C[C@@H]3C[C@@H](C3(C)C)[C@]2(C)O1)C(=O)OC(C)(C)C. The van der Waals surface area contributed by atoms with Gasteiger partial charge in [-0.15, -0.1) is 0 Å². The Hall–Kier alpha value is -0.185. The maximum Gasteiger partial charge on any atom is 0.472 e. The minimum atomic E-state index is -0.551. The minimum Gasteiger partial charge on any atom is -0.496 e. The molecule has 8 heteroatoms. The number of rotatable bonds is 9. The van der Waals surface area contributed by atoms with Crippen molar-refractivity contribution in [3.8, 4) is 0 Å². The summed E-state index contributed by atoms with van der Waals surface area (Å²) in [5, 5.41) is 0.260. The Balaban J connectivity index is 1.60. The fourth-order valence-corrected chi connectivity index (χ4v) is 7.79. The van der Waals surface area contributed by atoms with Crippen LogP contribution in [0.15, 0.2) is 23.5 Å². The molecule has 0 aromatic rings. The van der Waals surface area contributed by atoms with Crippen LogP contribution < -0.4 is 0 Å².